The van der Waals surface area contributed by atoms with Gasteiger partial charge in [-0.3, -0.25) is 14.9 Å². The number of carbonyl (C=O) groups excluding carboxylic acids is 6. The number of anilines is 6. The quantitative estimate of drug-likeness (QED) is 0.0693. The first kappa shape index (κ1) is 71.5. The molecule has 2 aromatic carbocycles. The predicted molar refractivity (Wildman–Crippen MR) is 375 cm³/mol. The molecule has 0 unspecified atom stereocenters. The number of ether oxygens (including phenoxy) is 4. The Kier molecular flexibility index (Phi) is 22.6. The second-order valence-corrected chi connectivity index (χ2v) is 28.8. The number of piperidine rings is 2. The molecule has 0 saturated carbocycles. The van der Waals surface area contributed by atoms with E-state index in [1.165, 1.54) is 0 Å². The Morgan fingerprint density at radius 3 is 1.33 bits per heavy atom. The molecule has 6 aliphatic rings. The van der Waals surface area contributed by atoms with E-state index in [2.05, 4.69) is 41.8 Å². The van der Waals surface area contributed by atoms with Crippen LogP contribution < -0.4 is 30.7 Å². The first-order chi connectivity index (χ1) is 46.1. The third kappa shape index (κ3) is 17.9. The van der Waals surface area contributed by atoms with Crippen molar-refractivity contribution < 1.29 is 47.7 Å². The highest BCUT2D eigenvalue weighted by Crippen LogP contribution is 2.38. The van der Waals surface area contributed by atoms with E-state index >= 15 is 0 Å². The van der Waals surface area contributed by atoms with Crippen LogP contribution in [0, 0.1) is 0 Å². The lowest BCUT2D eigenvalue weighted by Gasteiger charge is -2.37. The Bertz CT molecular complexity index is 3830. The number of nitrogens with zero attached hydrogens (tertiary/aromatic N) is 14. The van der Waals surface area contributed by atoms with Crippen LogP contribution in [0.25, 0.3) is 11.3 Å². The van der Waals surface area contributed by atoms with Gasteiger partial charge in [-0.25, -0.2) is 29.1 Å². The Labute approximate surface area is 581 Å². The van der Waals surface area contributed by atoms with Crippen LogP contribution in [0.3, 0.4) is 0 Å². The van der Waals surface area contributed by atoms with Gasteiger partial charge in [-0.15, -0.1) is 0 Å². The molecule has 6 aliphatic heterocycles. The highest BCUT2D eigenvalue weighted by atomic mass is 35.5. The van der Waals surface area contributed by atoms with Gasteiger partial charge in [0.1, 0.15) is 34.5 Å². The molecule has 6 saturated heterocycles. The molecular formula is C68H91Cl3N16O10. The first-order valence-corrected chi connectivity index (χ1v) is 34.8. The average molecular weight is 1400 g/mol. The van der Waals surface area contributed by atoms with Crippen LogP contribution in [0.2, 0.25) is 10.0 Å². The minimum absolute atomic E-state index is 0.106. The average Bonchev–Trinajstić information content (AvgIpc) is 1.63. The Hall–Kier alpha value is -8.23. The smallest absolute Gasteiger partial charge is 0.411 e. The van der Waals surface area contributed by atoms with Gasteiger partial charge in [0.15, 0.2) is 11.3 Å². The number of carbonyl (C=O) groups is 6. The van der Waals surface area contributed by atoms with Gasteiger partial charge in [0.2, 0.25) is 0 Å². The van der Waals surface area contributed by atoms with Gasteiger partial charge in [-0.2, -0.15) is 19.2 Å². The van der Waals surface area contributed by atoms with Gasteiger partial charge >= 0.3 is 23.7 Å². The van der Waals surface area contributed by atoms with Crippen LogP contribution >= 0.6 is 34.8 Å². The molecule has 3 N–H and O–H groups in total. The normalized spacial score (nSPS) is 18.4. The van der Waals surface area contributed by atoms with Crippen molar-refractivity contribution in [2.24, 2.45) is 0 Å². The molecule has 2 atom stereocenters. The molecule has 5 amide bonds. The standard InChI is InChI=1S/C34H45ClN8O5.C30H39ClN8O3.C4H7ClO2/c1-22(2)47-32(45)36-25-11-10-23(35)19-24(25)31(44)42-14-7-6-9-27(42)26-20-29-37-28(39-12-8-13-39)21-30(43(29)38-26)40-15-17-41(18-16-40)33(46)48-34(3,4)5;1-30(2,3)42-29(41)37-15-13-36(14-16-37)27-19-25(35-10-6-11-35)33-26-18-23(34-39(26)27)24-7-4-5-12-38(24)28(40)21-17-20(31)8-9-22(21)32;1-3(2)7-4(5)6/h10-11,19-22,27H,6-9,12-18H2,1-5H3,(H,36,45);8-9,17-19,24H,4-7,10-16,32H2,1-3H3;3H,1-2H3/t27-;24-;/m00./s1. The summed E-state index contributed by atoms with van der Waals surface area (Å²) in [6.07, 6.45) is 5.86. The number of amides is 5. The molecule has 10 heterocycles. The van der Waals surface area contributed by atoms with Gasteiger partial charge in [-0.05, 0) is 157 Å². The van der Waals surface area contributed by atoms with Crippen LogP contribution in [0.15, 0.2) is 60.7 Å². The van der Waals surface area contributed by atoms with Gasteiger partial charge in [0.05, 0.1) is 52.5 Å². The number of fused-ring (bicyclic) bond motifs is 2. The summed E-state index contributed by atoms with van der Waals surface area (Å²) in [6.45, 7) is 27.9. The van der Waals surface area contributed by atoms with E-state index in [1.807, 2.05) is 72.5 Å². The van der Waals surface area contributed by atoms with Gasteiger partial charge in [0, 0.05) is 143 Å². The van der Waals surface area contributed by atoms with E-state index in [0.29, 0.717) is 104 Å². The maximum Gasteiger partial charge on any atom is 0.411 e. The molecular weight excluding hydrogens is 1310 g/mol. The van der Waals surface area contributed by atoms with Crippen molar-refractivity contribution >= 4 is 116 Å². The van der Waals surface area contributed by atoms with Crippen molar-refractivity contribution in [1.82, 2.24) is 48.8 Å². The summed E-state index contributed by atoms with van der Waals surface area (Å²) in [5.74, 6) is 3.27. The molecule has 29 heteroatoms. The van der Waals surface area contributed by atoms with Crippen molar-refractivity contribution in [2.75, 3.05) is 122 Å². The summed E-state index contributed by atoms with van der Waals surface area (Å²) in [5.41, 5.74) is 8.84. The van der Waals surface area contributed by atoms with Crippen molar-refractivity contribution in [3.63, 3.8) is 0 Å². The van der Waals surface area contributed by atoms with Crippen molar-refractivity contribution in [3.05, 3.63) is 93.2 Å². The number of hydrogen-bond donors (Lipinski definition) is 2. The summed E-state index contributed by atoms with van der Waals surface area (Å²) in [4.78, 5) is 102. The third-order valence-electron chi connectivity index (χ3n) is 17.3. The summed E-state index contributed by atoms with van der Waals surface area (Å²) in [7, 11) is 0. The SMILES string of the molecule is CC(C)(C)OC(=O)N1CCN(c2cc(N3CCC3)nc3cc([C@@H]4CCCCN4C(=O)c4cc(Cl)ccc4N)nn23)CC1.CC(C)OC(=O)Cl.CC(C)OC(=O)Nc1ccc(Cl)cc1C(=O)N1CCCC[C@H]1c1cc2nc(N3CCC3)cc(N3CCN(C(=O)OC(C)(C)C)CC3)n2n1. The van der Waals surface area contributed by atoms with Crippen LogP contribution in [0.4, 0.5) is 53.8 Å². The number of nitrogens with one attached hydrogen (secondary N) is 1. The molecule has 12 rings (SSSR count). The fourth-order valence-electron chi connectivity index (χ4n) is 12.3. The number of halogens is 3. The second kappa shape index (κ2) is 30.7. The first-order valence-electron chi connectivity index (χ1n) is 33.6. The number of nitrogen functional groups attached to an aromatic ring is 1. The lowest BCUT2D eigenvalue weighted by molar-refractivity contribution is 0.0230. The molecule has 4 aromatic heterocycles. The van der Waals surface area contributed by atoms with Gasteiger partial charge in [-0.1, -0.05) is 23.2 Å². The molecule has 0 bridgehead atoms. The topological polar surface area (TPSA) is 264 Å². The van der Waals surface area contributed by atoms with Gasteiger partial charge in [0.25, 0.3) is 11.8 Å². The van der Waals surface area contributed by atoms with E-state index < -0.39 is 22.7 Å². The van der Waals surface area contributed by atoms with Crippen molar-refractivity contribution in [3.8, 4) is 0 Å². The van der Waals surface area contributed by atoms with Crippen LogP contribution in [0.5, 0.6) is 0 Å². The van der Waals surface area contributed by atoms with Crippen LogP contribution in [0.1, 0.15) is 165 Å². The number of likely N-dealkylation sites (tertiary alicyclic amines) is 2. The molecule has 97 heavy (non-hydrogen) atoms. The number of hydrogen-bond acceptors (Lipinski definition) is 19. The maximum absolute atomic E-state index is 14.2. The van der Waals surface area contributed by atoms with Crippen LogP contribution in [-0.2, 0) is 18.9 Å². The van der Waals surface area contributed by atoms with Gasteiger partial charge < -0.3 is 63.9 Å². The molecule has 0 aliphatic carbocycles. The third-order valence-corrected chi connectivity index (χ3v) is 17.8. The Balaban J connectivity index is 0.000000193. The number of nitrogens with two attached hydrogens (primary N) is 1. The Morgan fingerprint density at radius 1 is 0.515 bits per heavy atom. The zero-order valence-electron chi connectivity index (χ0n) is 57.2. The molecule has 26 nitrogen and oxygen atoms in total. The molecule has 6 aromatic rings. The zero-order valence-corrected chi connectivity index (χ0v) is 59.5. The molecule has 0 radical (unpaired) electrons. The monoisotopic (exact) mass is 1400 g/mol. The molecule has 0 spiro atoms. The number of piperazine rings is 2. The van der Waals surface area contributed by atoms with E-state index in [4.69, 9.17) is 74.9 Å². The maximum atomic E-state index is 14.2. The summed E-state index contributed by atoms with van der Waals surface area (Å²) in [6, 6.07) is 17.5. The molecule has 6 fully saturated rings. The second-order valence-electron chi connectivity index (χ2n) is 27.6. The lowest BCUT2D eigenvalue weighted by Crippen LogP contribution is -2.50. The lowest BCUT2D eigenvalue weighted by atomic mass is 9.98. The molecule has 524 valence electrons. The minimum atomic E-state index is -0.741. The zero-order chi connectivity index (χ0) is 69.6. The van der Waals surface area contributed by atoms with E-state index in [0.717, 1.165) is 118 Å². The van der Waals surface area contributed by atoms with E-state index in [1.54, 1.807) is 73.9 Å². The number of rotatable bonds is 11. The fourth-order valence-corrected chi connectivity index (χ4v) is 12.9. The highest BCUT2D eigenvalue weighted by molar-refractivity contribution is 6.61. The predicted octanol–water partition coefficient (Wildman–Crippen LogP) is 12.3. The van der Waals surface area contributed by atoms with E-state index in [9.17, 15) is 28.8 Å². The fraction of sp³-hybridized carbons (Fsp3) is 0.559. The minimum Gasteiger partial charge on any atom is -0.451 e. The van der Waals surface area contributed by atoms with Crippen molar-refractivity contribution in [2.45, 2.75) is 156 Å². The summed E-state index contributed by atoms with van der Waals surface area (Å²) < 4.78 is 24.6. The van der Waals surface area contributed by atoms with Crippen molar-refractivity contribution in [1.29, 1.82) is 0 Å². The summed E-state index contributed by atoms with van der Waals surface area (Å²) in [5, 5.41) is 13.7. The number of aromatic nitrogens is 6. The summed E-state index contributed by atoms with van der Waals surface area (Å²) >= 11 is 17.4. The number of benzene rings is 2. The van der Waals surface area contributed by atoms with E-state index in [-0.39, 0.29) is 48.3 Å². The highest BCUT2D eigenvalue weighted by Gasteiger charge is 2.37. The largest absolute Gasteiger partial charge is 0.451 e. The Morgan fingerprint density at radius 2 is 0.938 bits per heavy atom. The van der Waals surface area contributed by atoms with Crippen LogP contribution in [-0.4, -0.2) is 199 Å².